The average molecular weight is 361 g/mol. The molecule has 0 unspecified atom stereocenters. The highest BCUT2D eigenvalue weighted by molar-refractivity contribution is 5.92. The summed E-state index contributed by atoms with van der Waals surface area (Å²) in [6.45, 7) is 0.321. The van der Waals surface area contributed by atoms with Crippen LogP contribution in [0.4, 0.5) is 0 Å². The predicted molar refractivity (Wildman–Crippen MR) is 96.1 cm³/mol. The minimum Gasteiger partial charge on any atom is -0.461 e. The van der Waals surface area contributed by atoms with Crippen LogP contribution in [0.5, 0.6) is 11.6 Å². The van der Waals surface area contributed by atoms with Crippen molar-refractivity contribution in [1.82, 2.24) is 15.5 Å². The van der Waals surface area contributed by atoms with E-state index in [1.165, 1.54) is 12.3 Å². The Labute approximate surface area is 154 Å². The van der Waals surface area contributed by atoms with Gasteiger partial charge in [0.2, 0.25) is 11.6 Å². The van der Waals surface area contributed by atoms with Crippen molar-refractivity contribution in [3.05, 3.63) is 84.4 Å². The van der Waals surface area contributed by atoms with Gasteiger partial charge in [0.1, 0.15) is 5.75 Å². The van der Waals surface area contributed by atoms with Crippen molar-refractivity contribution in [3.63, 3.8) is 0 Å². The van der Waals surface area contributed by atoms with Gasteiger partial charge in [-0.15, -0.1) is 0 Å². The fraction of sp³-hybridized carbons (Fsp3) is 0.0500. The summed E-state index contributed by atoms with van der Waals surface area (Å²) in [7, 11) is 0. The largest absolute Gasteiger partial charge is 0.461 e. The molecule has 7 nitrogen and oxygen atoms in total. The molecule has 4 aromatic rings. The molecule has 3 heterocycles. The van der Waals surface area contributed by atoms with E-state index in [0.717, 1.165) is 5.56 Å². The van der Waals surface area contributed by atoms with Crippen molar-refractivity contribution in [1.29, 1.82) is 0 Å². The van der Waals surface area contributed by atoms with Crippen molar-refractivity contribution < 1.29 is 18.5 Å². The van der Waals surface area contributed by atoms with E-state index in [2.05, 4.69) is 15.5 Å². The highest BCUT2D eigenvalue weighted by atomic mass is 16.5. The lowest BCUT2D eigenvalue weighted by molar-refractivity contribution is 0.0942. The summed E-state index contributed by atoms with van der Waals surface area (Å²) >= 11 is 0. The molecule has 0 saturated carbocycles. The van der Waals surface area contributed by atoms with Gasteiger partial charge in [0.25, 0.3) is 5.91 Å². The number of benzene rings is 1. The van der Waals surface area contributed by atoms with Gasteiger partial charge in [-0.05, 0) is 35.9 Å². The smallest absolute Gasteiger partial charge is 0.273 e. The third kappa shape index (κ3) is 4.04. The Bertz CT molecular complexity index is 1030. The fourth-order valence-electron chi connectivity index (χ4n) is 2.44. The average Bonchev–Trinajstić information content (AvgIpc) is 3.39. The molecule has 0 aliphatic rings. The number of rotatable bonds is 6. The second kappa shape index (κ2) is 7.57. The van der Waals surface area contributed by atoms with E-state index < -0.39 is 0 Å². The molecule has 1 amide bonds. The van der Waals surface area contributed by atoms with Crippen molar-refractivity contribution in [2.75, 3.05) is 0 Å². The summed E-state index contributed by atoms with van der Waals surface area (Å²) in [5, 5.41) is 6.58. The zero-order valence-corrected chi connectivity index (χ0v) is 14.2. The first-order chi connectivity index (χ1) is 13.3. The van der Waals surface area contributed by atoms with Crippen LogP contribution < -0.4 is 10.1 Å². The molecule has 7 heteroatoms. The Kier molecular flexibility index (Phi) is 4.65. The number of furan rings is 1. The van der Waals surface area contributed by atoms with Crippen molar-refractivity contribution in [3.8, 4) is 23.1 Å². The third-order valence-corrected chi connectivity index (χ3v) is 3.72. The van der Waals surface area contributed by atoms with Crippen LogP contribution in [0.3, 0.4) is 0 Å². The van der Waals surface area contributed by atoms with Crippen LogP contribution in [0.1, 0.15) is 16.1 Å². The quantitative estimate of drug-likeness (QED) is 0.557. The molecular weight excluding hydrogens is 346 g/mol. The Morgan fingerprint density at radius 1 is 1.04 bits per heavy atom. The number of hydrogen-bond acceptors (Lipinski definition) is 6. The maximum atomic E-state index is 12.3. The molecule has 0 bridgehead atoms. The van der Waals surface area contributed by atoms with E-state index in [0.29, 0.717) is 29.7 Å². The maximum absolute atomic E-state index is 12.3. The van der Waals surface area contributed by atoms with E-state index in [4.69, 9.17) is 13.7 Å². The second-order valence-corrected chi connectivity index (χ2v) is 5.65. The summed E-state index contributed by atoms with van der Waals surface area (Å²) in [4.78, 5) is 16.4. The molecule has 0 aliphatic carbocycles. The topological polar surface area (TPSA) is 90.4 Å². The third-order valence-electron chi connectivity index (χ3n) is 3.72. The van der Waals surface area contributed by atoms with Gasteiger partial charge < -0.3 is 19.0 Å². The van der Waals surface area contributed by atoms with Gasteiger partial charge in [0, 0.05) is 24.9 Å². The Morgan fingerprint density at radius 3 is 2.81 bits per heavy atom. The van der Waals surface area contributed by atoms with Crippen LogP contribution in [0.15, 0.2) is 82.1 Å². The van der Waals surface area contributed by atoms with Crippen LogP contribution >= 0.6 is 0 Å². The molecule has 0 saturated heterocycles. The van der Waals surface area contributed by atoms with Gasteiger partial charge in [-0.2, -0.15) is 0 Å². The van der Waals surface area contributed by atoms with Gasteiger partial charge in [-0.1, -0.05) is 23.4 Å². The molecule has 0 aliphatic heterocycles. The number of carbonyl (C=O) groups is 1. The molecule has 27 heavy (non-hydrogen) atoms. The molecule has 4 rings (SSSR count). The summed E-state index contributed by atoms with van der Waals surface area (Å²) in [6, 6.07) is 17.9. The summed E-state index contributed by atoms with van der Waals surface area (Å²) in [6.07, 6.45) is 3.19. The molecular formula is C20H15N3O4. The molecule has 1 aromatic carbocycles. The van der Waals surface area contributed by atoms with Crippen molar-refractivity contribution in [2.24, 2.45) is 0 Å². The van der Waals surface area contributed by atoms with Gasteiger partial charge >= 0.3 is 0 Å². The van der Waals surface area contributed by atoms with Crippen LogP contribution in [0.2, 0.25) is 0 Å². The van der Waals surface area contributed by atoms with Gasteiger partial charge in [-0.3, -0.25) is 4.79 Å². The first-order valence-corrected chi connectivity index (χ1v) is 8.24. The lowest BCUT2D eigenvalue weighted by Crippen LogP contribution is -2.23. The van der Waals surface area contributed by atoms with Crippen LogP contribution in [0, 0.1) is 0 Å². The van der Waals surface area contributed by atoms with E-state index >= 15 is 0 Å². The number of pyridine rings is 1. The monoisotopic (exact) mass is 361 g/mol. The van der Waals surface area contributed by atoms with Crippen LogP contribution in [-0.4, -0.2) is 16.0 Å². The number of nitrogens with one attached hydrogen (secondary N) is 1. The van der Waals surface area contributed by atoms with Crippen molar-refractivity contribution in [2.45, 2.75) is 6.54 Å². The molecule has 0 fully saturated rings. The zero-order chi connectivity index (χ0) is 18.5. The highest BCUT2D eigenvalue weighted by Crippen LogP contribution is 2.21. The molecule has 134 valence electrons. The van der Waals surface area contributed by atoms with E-state index in [1.54, 1.807) is 24.4 Å². The Hall–Kier alpha value is -3.87. The first-order valence-electron chi connectivity index (χ1n) is 8.24. The second-order valence-electron chi connectivity index (χ2n) is 5.65. The fourth-order valence-corrected chi connectivity index (χ4v) is 2.44. The Balaban J connectivity index is 1.38. The summed E-state index contributed by atoms with van der Waals surface area (Å²) in [5.41, 5.74) is 1.06. The van der Waals surface area contributed by atoms with Gasteiger partial charge in [0.05, 0.1) is 6.26 Å². The standard InChI is InChI=1S/C20H15N3O4/c24-20(16-12-18(27-23-16)17-7-4-10-25-17)22-13-14-5-3-6-15(11-14)26-19-8-1-2-9-21-19/h1-12H,13H2,(H,22,24). The Morgan fingerprint density at radius 2 is 2.00 bits per heavy atom. The minimum atomic E-state index is -0.340. The predicted octanol–water partition coefficient (Wildman–Crippen LogP) is 4.05. The first kappa shape index (κ1) is 16.6. The summed E-state index contributed by atoms with van der Waals surface area (Å²) < 4.78 is 16.0. The minimum absolute atomic E-state index is 0.183. The number of hydrogen-bond donors (Lipinski definition) is 1. The van der Waals surface area contributed by atoms with Crippen LogP contribution in [-0.2, 0) is 6.54 Å². The van der Waals surface area contributed by atoms with Crippen LogP contribution in [0.25, 0.3) is 11.5 Å². The van der Waals surface area contributed by atoms with Gasteiger partial charge in [-0.25, -0.2) is 4.98 Å². The molecule has 0 spiro atoms. The number of aromatic nitrogens is 2. The number of ether oxygens (including phenoxy) is 1. The molecule has 3 aromatic heterocycles. The summed E-state index contributed by atoms with van der Waals surface area (Å²) in [5.74, 6) is 1.72. The van der Waals surface area contributed by atoms with Gasteiger partial charge in [0.15, 0.2) is 11.5 Å². The SMILES string of the molecule is O=C(NCc1cccc(Oc2ccccn2)c1)c1cc(-c2ccco2)on1. The van der Waals surface area contributed by atoms with E-state index in [-0.39, 0.29) is 11.6 Å². The molecule has 0 radical (unpaired) electrons. The van der Waals surface area contributed by atoms with E-state index in [9.17, 15) is 4.79 Å². The zero-order valence-electron chi connectivity index (χ0n) is 14.2. The van der Waals surface area contributed by atoms with E-state index in [1.807, 2.05) is 36.4 Å². The highest BCUT2D eigenvalue weighted by Gasteiger charge is 2.15. The lowest BCUT2D eigenvalue weighted by atomic mass is 10.2. The normalized spacial score (nSPS) is 10.5. The number of amides is 1. The number of nitrogens with zero attached hydrogens (tertiary/aromatic N) is 2. The molecule has 1 N–H and O–H groups in total. The van der Waals surface area contributed by atoms with Crippen molar-refractivity contribution >= 4 is 5.91 Å². The number of carbonyl (C=O) groups excluding carboxylic acids is 1. The molecule has 0 atom stereocenters. The maximum Gasteiger partial charge on any atom is 0.273 e. The lowest BCUT2D eigenvalue weighted by Gasteiger charge is -2.07.